The molecule has 16 heavy (non-hydrogen) atoms. The number of carboxylic acid groups (broad SMARTS) is 1. The predicted molar refractivity (Wildman–Crippen MR) is 53.3 cm³/mol. The van der Waals surface area contributed by atoms with Crippen molar-refractivity contribution in [2.45, 2.75) is 25.9 Å². The summed E-state index contributed by atoms with van der Waals surface area (Å²) in [5, 5.41) is 8.78. The maximum Gasteiger partial charge on any atom is 0.344 e. The van der Waals surface area contributed by atoms with Crippen LogP contribution in [-0.2, 0) is 4.79 Å². The van der Waals surface area contributed by atoms with Crippen molar-refractivity contribution in [3.8, 4) is 5.75 Å². The third-order valence-corrected chi connectivity index (χ3v) is 2.01. The Morgan fingerprint density at radius 2 is 2.19 bits per heavy atom. The van der Waals surface area contributed by atoms with Gasteiger partial charge in [-0.05, 0) is 18.6 Å². The first kappa shape index (κ1) is 12.4. The van der Waals surface area contributed by atoms with E-state index in [1.807, 2.05) is 0 Å². The standard InChI is InChI=1S/C11H12F2O3/c1-2-4-9(11(14)15)16-8-6-3-5-7(12)10(8)13/h3,5-6,9H,2,4H2,1H3,(H,14,15). The van der Waals surface area contributed by atoms with E-state index in [2.05, 4.69) is 0 Å². The van der Waals surface area contributed by atoms with Gasteiger partial charge < -0.3 is 9.84 Å². The molecule has 1 aromatic rings. The molecule has 1 rings (SSSR count). The van der Waals surface area contributed by atoms with Crippen molar-refractivity contribution in [3.05, 3.63) is 29.8 Å². The summed E-state index contributed by atoms with van der Waals surface area (Å²) >= 11 is 0. The summed E-state index contributed by atoms with van der Waals surface area (Å²) in [6.07, 6.45) is -0.333. The molecule has 3 nitrogen and oxygen atoms in total. The number of hydrogen-bond donors (Lipinski definition) is 1. The van der Waals surface area contributed by atoms with Crippen molar-refractivity contribution < 1.29 is 23.4 Å². The molecule has 1 N–H and O–H groups in total. The lowest BCUT2D eigenvalue weighted by atomic mass is 10.2. The van der Waals surface area contributed by atoms with E-state index in [0.29, 0.717) is 6.42 Å². The molecular formula is C11H12F2O3. The zero-order valence-corrected chi connectivity index (χ0v) is 8.74. The number of carboxylic acids is 1. The first-order valence-corrected chi connectivity index (χ1v) is 4.89. The van der Waals surface area contributed by atoms with Crippen molar-refractivity contribution in [2.75, 3.05) is 0 Å². The van der Waals surface area contributed by atoms with E-state index in [-0.39, 0.29) is 12.2 Å². The molecule has 0 bridgehead atoms. The summed E-state index contributed by atoms with van der Waals surface area (Å²) in [4.78, 5) is 10.7. The second-order valence-electron chi connectivity index (χ2n) is 3.29. The van der Waals surface area contributed by atoms with Crippen LogP contribution in [0.2, 0.25) is 0 Å². The van der Waals surface area contributed by atoms with E-state index in [0.717, 1.165) is 6.07 Å². The maximum absolute atomic E-state index is 13.2. The third-order valence-electron chi connectivity index (χ3n) is 2.01. The first-order valence-electron chi connectivity index (χ1n) is 4.89. The average Bonchev–Trinajstić information content (AvgIpc) is 2.23. The van der Waals surface area contributed by atoms with E-state index in [4.69, 9.17) is 9.84 Å². The molecule has 5 heteroatoms. The molecular weight excluding hydrogens is 218 g/mol. The number of carbonyl (C=O) groups is 1. The van der Waals surface area contributed by atoms with Crippen LogP contribution in [-0.4, -0.2) is 17.2 Å². The quantitative estimate of drug-likeness (QED) is 0.845. The number of benzene rings is 1. The highest BCUT2D eigenvalue weighted by Crippen LogP contribution is 2.21. The van der Waals surface area contributed by atoms with Crippen molar-refractivity contribution in [1.29, 1.82) is 0 Å². The van der Waals surface area contributed by atoms with Crippen LogP contribution in [0, 0.1) is 11.6 Å². The molecule has 0 heterocycles. The van der Waals surface area contributed by atoms with E-state index in [1.54, 1.807) is 6.92 Å². The fourth-order valence-corrected chi connectivity index (χ4v) is 1.22. The summed E-state index contributed by atoms with van der Waals surface area (Å²) in [7, 11) is 0. The van der Waals surface area contributed by atoms with Crippen molar-refractivity contribution in [1.82, 2.24) is 0 Å². The molecule has 0 aliphatic rings. The molecule has 0 aliphatic carbocycles. The van der Waals surface area contributed by atoms with Gasteiger partial charge in [-0.1, -0.05) is 19.4 Å². The Balaban J connectivity index is 2.85. The summed E-state index contributed by atoms with van der Waals surface area (Å²) in [6.45, 7) is 1.78. The number of aliphatic carboxylic acids is 1. The van der Waals surface area contributed by atoms with Crippen LogP contribution in [0.5, 0.6) is 5.75 Å². The SMILES string of the molecule is CCCC(Oc1cccc(F)c1F)C(=O)O. The number of halogens is 2. The Kier molecular flexibility index (Phi) is 4.22. The van der Waals surface area contributed by atoms with Gasteiger partial charge >= 0.3 is 5.97 Å². The summed E-state index contributed by atoms with van der Waals surface area (Å²) in [5.41, 5.74) is 0. The topological polar surface area (TPSA) is 46.5 Å². The van der Waals surface area contributed by atoms with Crippen molar-refractivity contribution >= 4 is 5.97 Å². The molecule has 1 unspecified atom stereocenters. The summed E-state index contributed by atoms with van der Waals surface area (Å²) in [5.74, 6) is -3.78. The molecule has 0 aromatic heterocycles. The second kappa shape index (κ2) is 5.44. The Labute approximate surface area is 91.7 Å². The third kappa shape index (κ3) is 2.92. The van der Waals surface area contributed by atoms with Gasteiger partial charge in [0, 0.05) is 0 Å². The first-order chi connectivity index (χ1) is 7.56. The van der Waals surface area contributed by atoms with E-state index < -0.39 is 23.7 Å². The molecule has 0 saturated heterocycles. The molecule has 1 aromatic carbocycles. The van der Waals surface area contributed by atoms with Crippen LogP contribution < -0.4 is 4.74 Å². The van der Waals surface area contributed by atoms with Crippen molar-refractivity contribution in [2.24, 2.45) is 0 Å². The highest BCUT2D eigenvalue weighted by molar-refractivity contribution is 5.72. The smallest absolute Gasteiger partial charge is 0.344 e. The largest absolute Gasteiger partial charge is 0.479 e. The van der Waals surface area contributed by atoms with Gasteiger partial charge in [0.25, 0.3) is 0 Å². The van der Waals surface area contributed by atoms with Gasteiger partial charge in [-0.2, -0.15) is 4.39 Å². The highest BCUT2D eigenvalue weighted by Gasteiger charge is 2.20. The van der Waals surface area contributed by atoms with Gasteiger partial charge in [-0.15, -0.1) is 0 Å². The van der Waals surface area contributed by atoms with Gasteiger partial charge in [-0.3, -0.25) is 0 Å². The minimum Gasteiger partial charge on any atom is -0.479 e. The van der Waals surface area contributed by atoms with E-state index >= 15 is 0 Å². The molecule has 88 valence electrons. The lowest BCUT2D eigenvalue weighted by molar-refractivity contribution is -0.145. The Bertz CT molecular complexity index is 379. The zero-order valence-electron chi connectivity index (χ0n) is 8.74. The van der Waals surface area contributed by atoms with Crippen LogP contribution >= 0.6 is 0 Å². The minimum absolute atomic E-state index is 0.241. The lowest BCUT2D eigenvalue weighted by Gasteiger charge is -2.14. The molecule has 0 saturated carbocycles. The highest BCUT2D eigenvalue weighted by atomic mass is 19.2. The Morgan fingerprint density at radius 1 is 1.50 bits per heavy atom. The molecule has 0 aliphatic heterocycles. The van der Waals surface area contributed by atoms with Gasteiger partial charge in [0.05, 0.1) is 0 Å². The number of ether oxygens (including phenoxy) is 1. The Hall–Kier alpha value is -1.65. The van der Waals surface area contributed by atoms with Crippen molar-refractivity contribution in [3.63, 3.8) is 0 Å². The Morgan fingerprint density at radius 3 is 2.75 bits per heavy atom. The minimum atomic E-state index is -1.19. The predicted octanol–water partition coefficient (Wildman–Crippen LogP) is 2.60. The van der Waals surface area contributed by atoms with Crippen LogP contribution in [0.1, 0.15) is 19.8 Å². The van der Waals surface area contributed by atoms with Gasteiger partial charge in [0.2, 0.25) is 5.82 Å². The molecule has 0 spiro atoms. The van der Waals surface area contributed by atoms with Crippen LogP contribution in [0.15, 0.2) is 18.2 Å². The second-order valence-corrected chi connectivity index (χ2v) is 3.29. The normalized spacial score (nSPS) is 12.2. The van der Waals surface area contributed by atoms with Gasteiger partial charge in [0.15, 0.2) is 17.7 Å². The van der Waals surface area contributed by atoms with E-state index in [9.17, 15) is 13.6 Å². The summed E-state index contributed by atoms with van der Waals surface area (Å²) < 4.78 is 30.9. The average molecular weight is 230 g/mol. The molecule has 0 amide bonds. The lowest BCUT2D eigenvalue weighted by Crippen LogP contribution is -2.27. The van der Waals surface area contributed by atoms with Gasteiger partial charge in [0.1, 0.15) is 0 Å². The molecule has 1 atom stereocenters. The maximum atomic E-state index is 13.2. The number of rotatable bonds is 5. The van der Waals surface area contributed by atoms with E-state index in [1.165, 1.54) is 12.1 Å². The van der Waals surface area contributed by atoms with Crippen LogP contribution in [0.25, 0.3) is 0 Å². The van der Waals surface area contributed by atoms with Crippen LogP contribution in [0.3, 0.4) is 0 Å². The fraction of sp³-hybridized carbons (Fsp3) is 0.364. The fourth-order valence-electron chi connectivity index (χ4n) is 1.22. The zero-order chi connectivity index (χ0) is 12.1. The monoisotopic (exact) mass is 230 g/mol. The van der Waals surface area contributed by atoms with Gasteiger partial charge in [-0.25, -0.2) is 9.18 Å². The summed E-state index contributed by atoms with van der Waals surface area (Å²) in [6, 6.07) is 3.40. The molecule has 0 radical (unpaired) electrons. The molecule has 0 fully saturated rings. The van der Waals surface area contributed by atoms with Crippen LogP contribution in [0.4, 0.5) is 8.78 Å². The number of hydrogen-bond acceptors (Lipinski definition) is 2.